The summed E-state index contributed by atoms with van der Waals surface area (Å²) in [5.74, 6) is -0.571. The fourth-order valence-corrected chi connectivity index (χ4v) is 2.08. The first-order valence-electron chi connectivity index (χ1n) is 6.31. The highest BCUT2D eigenvalue weighted by Gasteiger charge is 2.34. The first kappa shape index (κ1) is 14.1. The summed E-state index contributed by atoms with van der Waals surface area (Å²) in [7, 11) is 0. The second-order valence-corrected chi connectivity index (χ2v) is 4.55. The largest absolute Gasteiger partial charge is 0.401 e. The van der Waals surface area contributed by atoms with E-state index in [1.54, 1.807) is 31.2 Å². The lowest BCUT2D eigenvalue weighted by molar-refractivity contribution is 0.0656. The van der Waals surface area contributed by atoms with Gasteiger partial charge in [-0.2, -0.15) is 0 Å². The third-order valence-electron chi connectivity index (χ3n) is 3.19. The average Bonchev–Trinajstić information content (AvgIpc) is 2.68. The third-order valence-corrected chi connectivity index (χ3v) is 3.19. The zero-order valence-electron chi connectivity index (χ0n) is 11.2. The maximum absolute atomic E-state index is 12.1. The topological polar surface area (TPSA) is 95.7 Å². The van der Waals surface area contributed by atoms with Gasteiger partial charge in [0.05, 0.1) is 23.4 Å². The van der Waals surface area contributed by atoms with Crippen molar-refractivity contribution in [3.63, 3.8) is 0 Å². The number of amides is 2. The molecule has 2 rings (SSSR count). The Kier molecular flexibility index (Phi) is 4.05. The Labute approximate surface area is 116 Å². The molecule has 1 aliphatic heterocycles. The van der Waals surface area contributed by atoms with Crippen LogP contribution in [0.3, 0.4) is 0 Å². The number of hydrogen-bond donors (Lipinski definition) is 3. The van der Waals surface area contributed by atoms with Gasteiger partial charge in [-0.1, -0.05) is 12.1 Å². The molecule has 0 radical (unpaired) electrons. The van der Waals surface area contributed by atoms with Crippen LogP contribution in [0, 0.1) is 0 Å². The third kappa shape index (κ3) is 2.50. The van der Waals surface area contributed by atoms with E-state index in [2.05, 4.69) is 5.32 Å². The molecular formula is C14H17N3O3. The second kappa shape index (κ2) is 5.75. The molecule has 1 aromatic carbocycles. The predicted octanol–water partition coefficient (Wildman–Crippen LogP) is 0.0547. The van der Waals surface area contributed by atoms with Gasteiger partial charge < -0.3 is 16.2 Å². The van der Waals surface area contributed by atoms with Gasteiger partial charge in [0.15, 0.2) is 0 Å². The van der Waals surface area contributed by atoms with Gasteiger partial charge in [0.1, 0.15) is 0 Å². The van der Waals surface area contributed by atoms with E-state index in [-0.39, 0.29) is 25.0 Å². The van der Waals surface area contributed by atoms with Crippen molar-refractivity contribution < 1.29 is 14.7 Å². The Morgan fingerprint density at radius 2 is 1.80 bits per heavy atom. The summed E-state index contributed by atoms with van der Waals surface area (Å²) in [5, 5.41) is 12.0. The number of benzene rings is 1. The van der Waals surface area contributed by atoms with E-state index >= 15 is 0 Å². The summed E-state index contributed by atoms with van der Waals surface area (Å²) in [6.07, 6.45) is 0. The normalized spacial score (nSPS) is 15.2. The van der Waals surface area contributed by atoms with Gasteiger partial charge in [0.25, 0.3) is 11.8 Å². The van der Waals surface area contributed by atoms with E-state index in [0.29, 0.717) is 29.1 Å². The van der Waals surface area contributed by atoms with Crippen molar-refractivity contribution in [2.45, 2.75) is 6.92 Å². The van der Waals surface area contributed by atoms with Gasteiger partial charge in [-0.05, 0) is 19.1 Å². The number of aliphatic hydroxyl groups is 1. The fourth-order valence-electron chi connectivity index (χ4n) is 2.08. The van der Waals surface area contributed by atoms with Crippen molar-refractivity contribution in [3.8, 4) is 0 Å². The predicted molar refractivity (Wildman–Crippen MR) is 73.8 cm³/mol. The Morgan fingerprint density at radius 3 is 2.25 bits per heavy atom. The first-order valence-corrected chi connectivity index (χ1v) is 6.31. The Morgan fingerprint density at radius 1 is 1.25 bits per heavy atom. The lowest BCUT2D eigenvalue weighted by Crippen LogP contribution is -2.36. The molecular weight excluding hydrogens is 258 g/mol. The van der Waals surface area contributed by atoms with E-state index in [1.807, 2.05) is 0 Å². The molecule has 0 saturated heterocycles. The van der Waals surface area contributed by atoms with Crippen LogP contribution < -0.4 is 11.1 Å². The lowest BCUT2D eigenvalue weighted by atomic mass is 10.1. The van der Waals surface area contributed by atoms with Crippen LogP contribution in [0.2, 0.25) is 0 Å². The van der Waals surface area contributed by atoms with Crippen molar-refractivity contribution in [2.75, 3.05) is 19.7 Å². The van der Waals surface area contributed by atoms with Crippen LogP contribution in [0.5, 0.6) is 0 Å². The number of nitrogens with one attached hydrogen (secondary N) is 1. The molecule has 0 aromatic heterocycles. The van der Waals surface area contributed by atoms with Crippen molar-refractivity contribution >= 4 is 11.8 Å². The monoisotopic (exact) mass is 275 g/mol. The zero-order valence-corrected chi connectivity index (χ0v) is 11.2. The number of allylic oxidation sites excluding steroid dienone is 1. The molecule has 0 bridgehead atoms. The van der Waals surface area contributed by atoms with Crippen molar-refractivity contribution in [3.05, 3.63) is 46.8 Å². The number of carbonyl (C=O) groups is 2. The highest BCUT2D eigenvalue weighted by molar-refractivity contribution is 6.21. The molecule has 0 unspecified atom stereocenters. The number of fused-ring (bicyclic) bond motifs is 1. The van der Waals surface area contributed by atoms with Gasteiger partial charge in [0, 0.05) is 18.8 Å². The minimum absolute atomic E-state index is 0.204. The summed E-state index contributed by atoms with van der Waals surface area (Å²) in [6.45, 7) is 2.03. The molecule has 2 amide bonds. The fraction of sp³-hybridized carbons (Fsp3) is 0.286. The first-order chi connectivity index (χ1) is 9.56. The number of nitrogens with zero attached hydrogens (tertiary/aromatic N) is 1. The summed E-state index contributed by atoms with van der Waals surface area (Å²) < 4.78 is 0. The van der Waals surface area contributed by atoms with Crippen LogP contribution in [0.4, 0.5) is 0 Å². The van der Waals surface area contributed by atoms with E-state index in [4.69, 9.17) is 10.8 Å². The van der Waals surface area contributed by atoms with Crippen LogP contribution in [0.25, 0.3) is 0 Å². The van der Waals surface area contributed by atoms with E-state index < -0.39 is 0 Å². The van der Waals surface area contributed by atoms with Gasteiger partial charge >= 0.3 is 0 Å². The maximum atomic E-state index is 12.1. The number of imide groups is 1. The zero-order chi connectivity index (χ0) is 14.7. The molecule has 0 spiro atoms. The molecule has 6 nitrogen and oxygen atoms in total. The standard InChI is InChI=1S/C14H17N3O3/c1-9(15)12(8-18)16-6-7-17-13(19)10-4-2-3-5-11(10)14(17)20/h2-5,16,18H,6-8,15H2,1H3/b12-9-. The average molecular weight is 275 g/mol. The second-order valence-electron chi connectivity index (χ2n) is 4.55. The van der Waals surface area contributed by atoms with E-state index in [1.165, 1.54) is 4.90 Å². The SMILES string of the molecule is C/C(N)=C(\CO)NCCN1C(=O)c2ccccc2C1=O. The van der Waals surface area contributed by atoms with E-state index in [9.17, 15) is 9.59 Å². The summed E-state index contributed by atoms with van der Waals surface area (Å²) >= 11 is 0. The summed E-state index contributed by atoms with van der Waals surface area (Å²) in [5.41, 5.74) is 7.43. The van der Waals surface area contributed by atoms with Crippen LogP contribution in [0.1, 0.15) is 27.6 Å². The number of rotatable bonds is 5. The highest BCUT2D eigenvalue weighted by Crippen LogP contribution is 2.21. The summed E-state index contributed by atoms with van der Waals surface area (Å²) in [6, 6.07) is 6.75. The Hall–Kier alpha value is -2.34. The van der Waals surface area contributed by atoms with Gasteiger partial charge in [-0.25, -0.2) is 0 Å². The molecule has 0 atom stereocenters. The van der Waals surface area contributed by atoms with Gasteiger partial charge in [0.2, 0.25) is 0 Å². The number of nitrogens with two attached hydrogens (primary N) is 1. The van der Waals surface area contributed by atoms with Crippen LogP contribution in [0.15, 0.2) is 35.7 Å². The Balaban J connectivity index is 2.01. The lowest BCUT2D eigenvalue weighted by Gasteiger charge is -2.16. The molecule has 106 valence electrons. The molecule has 0 fully saturated rings. The number of hydrogen-bond acceptors (Lipinski definition) is 5. The van der Waals surface area contributed by atoms with Crippen molar-refractivity contribution in [1.29, 1.82) is 0 Å². The minimum Gasteiger partial charge on any atom is -0.401 e. The van der Waals surface area contributed by atoms with Gasteiger partial charge in [-0.3, -0.25) is 14.5 Å². The molecule has 0 aliphatic carbocycles. The quantitative estimate of drug-likeness (QED) is 0.660. The van der Waals surface area contributed by atoms with Crippen LogP contribution in [-0.2, 0) is 0 Å². The number of aliphatic hydroxyl groups excluding tert-OH is 1. The molecule has 1 aliphatic rings. The highest BCUT2D eigenvalue weighted by atomic mass is 16.3. The minimum atomic E-state index is -0.286. The summed E-state index contributed by atoms with van der Waals surface area (Å²) in [4.78, 5) is 25.3. The molecule has 1 heterocycles. The number of carbonyl (C=O) groups excluding carboxylic acids is 2. The van der Waals surface area contributed by atoms with Crippen LogP contribution >= 0.6 is 0 Å². The van der Waals surface area contributed by atoms with E-state index in [0.717, 1.165) is 0 Å². The van der Waals surface area contributed by atoms with Gasteiger partial charge in [-0.15, -0.1) is 0 Å². The molecule has 20 heavy (non-hydrogen) atoms. The molecule has 0 saturated carbocycles. The molecule has 4 N–H and O–H groups in total. The Bertz CT molecular complexity index is 542. The van der Waals surface area contributed by atoms with Crippen LogP contribution in [-0.4, -0.2) is 41.5 Å². The van der Waals surface area contributed by atoms with Crippen molar-refractivity contribution in [2.24, 2.45) is 5.73 Å². The molecule has 6 heteroatoms. The smallest absolute Gasteiger partial charge is 0.261 e. The van der Waals surface area contributed by atoms with Crippen molar-refractivity contribution in [1.82, 2.24) is 10.2 Å². The molecule has 1 aromatic rings. The maximum Gasteiger partial charge on any atom is 0.261 e.